The second-order valence-electron chi connectivity index (χ2n) is 7.39. The molecule has 154 valence electrons. The number of hydrogen-bond acceptors (Lipinski definition) is 5. The van der Waals surface area contributed by atoms with Gasteiger partial charge in [0.15, 0.2) is 11.6 Å². The minimum Gasteiger partial charge on any atom is -0.385 e. The van der Waals surface area contributed by atoms with Gasteiger partial charge >= 0.3 is 6.09 Å². The van der Waals surface area contributed by atoms with Crippen molar-refractivity contribution < 1.29 is 27.4 Å². The van der Waals surface area contributed by atoms with Crippen LogP contribution in [0.3, 0.4) is 0 Å². The molecule has 0 bridgehead atoms. The molecule has 0 spiro atoms. The normalized spacial score (nSPS) is 19.3. The van der Waals surface area contributed by atoms with E-state index in [4.69, 9.17) is 9.47 Å². The summed E-state index contributed by atoms with van der Waals surface area (Å²) in [7, 11) is -1.22. The average Bonchev–Trinajstić information content (AvgIpc) is 2.63. The van der Waals surface area contributed by atoms with Crippen LogP contribution in [0.5, 0.6) is 0 Å². The average molecular weight is 433 g/mol. The van der Waals surface area contributed by atoms with Crippen molar-refractivity contribution in [2.45, 2.75) is 31.2 Å². The van der Waals surface area contributed by atoms with E-state index >= 15 is 0 Å². The second-order valence-corrected chi connectivity index (χ2v) is 13.9. The summed E-state index contributed by atoms with van der Waals surface area (Å²) < 4.78 is 51.9. The number of hydrogen-bond donors (Lipinski definition) is 1. The van der Waals surface area contributed by atoms with Gasteiger partial charge in [-0.25, -0.2) is 23.0 Å². The molecule has 0 aliphatic carbocycles. The Hall–Kier alpha value is -1.78. The van der Waals surface area contributed by atoms with Crippen molar-refractivity contribution in [1.82, 2.24) is 5.32 Å². The predicted octanol–water partition coefficient (Wildman–Crippen LogP) is 4.78. The Labute approximate surface area is 167 Å². The lowest BCUT2D eigenvalue weighted by Crippen LogP contribution is -2.33. The fourth-order valence-corrected chi connectivity index (χ4v) is 3.79. The molecule has 1 atom stereocenters. The first-order chi connectivity index (χ1) is 13.2. The van der Waals surface area contributed by atoms with E-state index < -0.39 is 38.0 Å². The standard InChI is InChI=1S/C18H23F3N2O3SSi/c1-28(2,3)10-8-25-12-22-16(24)26-17-23-18(11-19,7-9-27-17)13-5-4-6-14(20)15(13)21/h4-7,9H,8,10-12H2,1-3H3,(H,22,24). The number of alkyl carbamates (subject to hydrolysis) is 1. The van der Waals surface area contributed by atoms with Crippen molar-refractivity contribution in [2.75, 3.05) is 20.0 Å². The van der Waals surface area contributed by atoms with Gasteiger partial charge in [0, 0.05) is 20.2 Å². The third-order valence-corrected chi connectivity index (χ3v) is 6.27. The van der Waals surface area contributed by atoms with Crippen LogP contribution in [0, 0.1) is 11.6 Å². The van der Waals surface area contributed by atoms with Crippen LogP contribution in [0.2, 0.25) is 25.7 Å². The summed E-state index contributed by atoms with van der Waals surface area (Å²) in [5.41, 5.74) is -2.07. The Kier molecular flexibility index (Phi) is 7.73. The SMILES string of the molecule is C[Si](C)(C)CCOCNC(=O)OC1=NC(CF)(c2cccc(F)c2F)C=CS1. The van der Waals surface area contributed by atoms with Crippen LogP contribution in [-0.2, 0) is 15.0 Å². The third kappa shape index (κ3) is 6.11. The van der Waals surface area contributed by atoms with Crippen molar-refractivity contribution in [1.29, 1.82) is 0 Å². The number of carbonyl (C=O) groups is 1. The smallest absolute Gasteiger partial charge is 0.385 e. The number of nitrogens with one attached hydrogen (secondary N) is 1. The van der Waals surface area contributed by atoms with Gasteiger partial charge in [-0.05, 0) is 35.4 Å². The molecule has 1 heterocycles. The van der Waals surface area contributed by atoms with E-state index in [1.807, 2.05) is 0 Å². The highest BCUT2D eigenvalue weighted by Crippen LogP contribution is 2.36. The molecule has 0 aromatic heterocycles. The van der Waals surface area contributed by atoms with Crippen molar-refractivity contribution >= 4 is 31.2 Å². The van der Waals surface area contributed by atoms with E-state index in [0.29, 0.717) is 6.61 Å². The van der Waals surface area contributed by atoms with E-state index in [2.05, 4.69) is 30.0 Å². The molecule has 0 fully saturated rings. The summed E-state index contributed by atoms with van der Waals surface area (Å²) in [6, 6.07) is 4.39. The highest BCUT2D eigenvalue weighted by molar-refractivity contribution is 8.16. The molecular formula is C18H23F3N2O3SSi. The minimum absolute atomic E-state index is 0.0378. The molecule has 10 heteroatoms. The molecule has 0 saturated carbocycles. The maximum absolute atomic E-state index is 14.1. The number of carbonyl (C=O) groups excluding carboxylic acids is 1. The summed E-state index contributed by atoms with van der Waals surface area (Å²) in [5.74, 6) is -2.30. The number of aliphatic imine (C=N–C) groups is 1. The summed E-state index contributed by atoms with van der Waals surface area (Å²) in [6.45, 7) is 5.99. The van der Waals surface area contributed by atoms with Gasteiger partial charge in [0.1, 0.15) is 18.9 Å². The molecule has 1 aliphatic rings. The molecule has 28 heavy (non-hydrogen) atoms. The Morgan fingerprint density at radius 3 is 2.75 bits per heavy atom. The van der Waals surface area contributed by atoms with Gasteiger partial charge in [-0.15, -0.1) is 0 Å². The van der Waals surface area contributed by atoms with Crippen molar-refractivity contribution in [3.63, 3.8) is 0 Å². The number of alkyl halides is 1. The van der Waals surface area contributed by atoms with Gasteiger partial charge in [-0.1, -0.05) is 31.8 Å². The van der Waals surface area contributed by atoms with Crippen LogP contribution >= 0.6 is 11.8 Å². The first-order valence-corrected chi connectivity index (χ1v) is 13.2. The Morgan fingerprint density at radius 2 is 2.07 bits per heavy atom. The van der Waals surface area contributed by atoms with Gasteiger partial charge in [0.2, 0.25) is 0 Å². The predicted molar refractivity (Wildman–Crippen MR) is 107 cm³/mol. The molecule has 0 radical (unpaired) electrons. The molecule has 1 aromatic rings. The molecule has 5 nitrogen and oxygen atoms in total. The van der Waals surface area contributed by atoms with Crippen LogP contribution in [0.1, 0.15) is 5.56 Å². The molecular weight excluding hydrogens is 409 g/mol. The molecule has 1 aliphatic heterocycles. The Bertz CT molecular complexity index is 771. The van der Waals surface area contributed by atoms with Crippen LogP contribution in [-0.4, -0.2) is 39.4 Å². The Balaban J connectivity index is 1.99. The Morgan fingerprint density at radius 1 is 1.32 bits per heavy atom. The van der Waals surface area contributed by atoms with Crippen LogP contribution in [0.25, 0.3) is 0 Å². The maximum atomic E-state index is 14.1. The maximum Gasteiger partial charge on any atom is 0.416 e. The quantitative estimate of drug-likeness (QED) is 0.383. The summed E-state index contributed by atoms with van der Waals surface area (Å²) in [4.78, 5) is 15.9. The summed E-state index contributed by atoms with van der Waals surface area (Å²) in [6.07, 6.45) is 0.474. The van der Waals surface area contributed by atoms with Crippen LogP contribution < -0.4 is 5.32 Å². The van der Waals surface area contributed by atoms with E-state index in [1.165, 1.54) is 23.6 Å². The van der Waals surface area contributed by atoms with Crippen molar-refractivity contribution in [3.05, 3.63) is 46.9 Å². The molecule has 2 rings (SSSR count). The van der Waals surface area contributed by atoms with E-state index in [0.717, 1.165) is 23.9 Å². The van der Waals surface area contributed by atoms with E-state index in [9.17, 15) is 18.0 Å². The number of halogens is 3. The van der Waals surface area contributed by atoms with E-state index in [1.54, 1.807) is 0 Å². The van der Waals surface area contributed by atoms with Crippen LogP contribution in [0.15, 0.2) is 34.7 Å². The zero-order chi connectivity index (χ0) is 20.8. The van der Waals surface area contributed by atoms with Crippen molar-refractivity contribution in [3.8, 4) is 0 Å². The number of benzene rings is 1. The highest BCUT2D eigenvalue weighted by atomic mass is 32.2. The number of rotatable bonds is 7. The monoisotopic (exact) mass is 432 g/mol. The van der Waals surface area contributed by atoms with Gasteiger partial charge in [0.25, 0.3) is 5.23 Å². The van der Waals surface area contributed by atoms with Crippen LogP contribution in [0.4, 0.5) is 18.0 Å². The molecule has 1 N–H and O–H groups in total. The lowest BCUT2D eigenvalue weighted by Gasteiger charge is -2.27. The number of nitrogens with zero attached hydrogens (tertiary/aromatic N) is 1. The van der Waals surface area contributed by atoms with Crippen molar-refractivity contribution in [2.24, 2.45) is 4.99 Å². The van der Waals surface area contributed by atoms with Gasteiger partial charge < -0.3 is 9.47 Å². The summed E-state index contributed by atoms with van der Waals surface area (Å²) in [5, 5.41) is 3.65. The molecule has 1 aromatic carbocycles. The fraction of sp³-hybridized carbons (Fsp3) is 0.444. The zero-order valence-electron chi connectivity index (χ0n) is 15.9. The number of ether oxygens (including phenoxy) is 2. The van der Waals surface area contributed by atoms with Gasteiger partial charge in [-0.3, -0.25) is 5.32 Å². The number of amides is 1. The van der Waals surface area contributed by atoms with Gasteiger partial charge in [0.05, 0.1) is 0 Å². The topological polar surface area (TPSA) is 59.9 Å². The molecule has 1 unspecified atom stereocenters. The molecule has 0 saturated heterocycles. The first-order valence-electron chi connectivity index (χ1n) is 8.65. The lowest BCUT2D eigenvalue weighted by atomic mass is 9.91. The lowest BCUT2D eigenvalue weighted by molar-refractivity contribution is 0.120. The highest BCUT2D eigenvalue weighted by Gasteiger charge is 2.36. The van der Waals surface area contributed by atoms with Gasteiger partial charge in [-0.2, -0.15) is 0 Å². The summed E-state index contributed by atoms with van der Waals surface area (Å²) >= 11 is 0.929. The largest absolute Gasteiger partial charge is 0.416 e. The fourth-order valence-electron chi connectivity index (χ4n) is 2.29. The van der Waals surface area contributed by atoms with E-state index in [-0.39, 0.29) is 17.5 Å². The number of thioether (sulfide) groups is 1. The minimum atomic E-state index is -1.79. The second kappa shape index (κ2) is 9.62. The first kappa shape index (κ1) is 22.5. The molecule has 1 amide bonds. The zero-order valence-corrected chi connectivity index (χ0v) is 17.7. The third-order valence-electron chi connectivity index (χ3n) is 3.92.